The lowest BCUT2D eigenvalue weighted by atomic mass is 10.0. The fraction of sp³-hybridized carbons (Fsp3) is 0.259. The van der Waals surface area contributed by atoms with Crippen LogP contribution in [0, 0.1) is 6.92 Å². The first-order chi connectivity index (χ1) is 17.6. The van der Waals surface area contributed by atoms with Crippen LogP contribution in [-0.2, 0) is 25.9 Å². The number of aryl methyl sites for hydroxylation is 3. The number of nitrogens with one attached hydrogen (secondary N) is 1. The van der Waals surface area contributed by atoms with E-state index in [-0.39, 0.29) is 0 Å². The van der Waals surface area contributed by atoms with Gasteiger partial charge in [-0.2, -0.15) is 4.98 Å². The van der Waals surface area contributed by atoms with Crippen molar-refractivity contribution < 1.29 is 9.26 Å². The fourth-order valence-electron chi connectivity index (χ4n) is 4.92. The molecule has 9 heteroatoms. The summed E-state index contributed by atoms with van der Waals surface area (Å²) < 4.78 is 12.7. The number of fused-ring (bicyclic) bond motifs is 3. The predicted octanol–water partition coefficient (Wildman–Crippen LogP) is 4.30. The maximum absolute atomic E-state index is 11.5. The van der Waals surface area contributed by atoms with Gasteiger partial charge in [0.2, 0.25) is 0 Å². The van der Waals surface area contributed by atoms with Crippen molar-refractivity contribution in [2.75, 3.05) is 11.5 Å². The van der Waals surface area contributed by atoms with Crippen LogP contribution in [0.3, 0.4) is 0 Å². The number of pyridine rings is 1. The molecule has 1 aliphatic rings. The SMILES string of the molecule is CCOc1nc2c(C)ccnc2n1Cc1ccc2c(c1)CCc1ccccc1N2Cc1noc(=O)[nH]1. The van der Waals surface area contributed by atoms with Gasteiger partial charge < -0.3 is 9.64 Å². The first-order valence-corrected chi connectivity index (χ1v) is 12.1. The Balaban J connectivity index is 1.40. The molecule has 182 valence electrons. The van der Waals surface area contributed by atoms with E-state index in [1.54, 1.807) is 0 Å². The highest BCUT2D eigenvalue weighted by molar-refractivity contribution is 5.76. The number of H-pyrrole nitrogens is 1. The standard InChI is InChI=1S/C27H26N6O3/c1-3-35-26-30-24-17(2)12-13-28-25(24)33(26)15-18-8-11-22-20(14-18)10-9-19-6-4-5-7-21(19)32(22)16-23-29-27(34)36-31-23/h4-8,11-14H,3,9-10,15-16H2,1-2H3,(H,29,31,34). The minimum atomic E-state index is -0.551. The van der Waals surface area contributed by atoms with Gasteiger partial charge in [0.15, 0.2) is 11.5 Å². The van der Waals surface area contributed by atoms with E-state index in [9.17, 15) is 4.79 Å². The van der Waals surface area contributed by atoms with E-state index < -0.39 is 5.76 Å². The summed E-state index contributed by atoms with van der Waals surface area (Å²) in [7, 11) is 0. The molecule has 0 saturated heterocycles. The maximum atomic E-state index is 11.5. The van der Waals surface area contributed by atoms with Gasteiger partial charge in [-0.1, -0.05) is 35.5 Å². The lowest BCUT2D eigenvalue weighted by Crippen LogP contribution is -2.19. The quantitative estimate of drug-likeness (QED) is 0.385. The Morgan fingerprint density at radius 2 is 1.89 bits per heavy atom. The maximum Gasteiger partial charge on any atom is 0.438 e. The molecule has 0 amide bonds. The molecule has 0 fully saturated rings. The highest BCUT2D eigenvalue weighted by Crippen LogP contribution is 2.37. The molecule has 0 radical (unpaired) electrons. The van der Waals surface area contributed by atoms with Crippen LogP contribution in [0.15, 0.2) is 64.0 Å². The van der Waals surface area contributed by atoms with Crippen molar-refractivity contribution in [2.24, 2.45) is 0 Å². The van der Waals surface area contributed by atoms with Crippen LogP contribution in [0.1, 0.15) is 35.0 Å². The summed E-state index contributed by atoms with van der Waals surface area (Å²) in [5.74, 6) is -0.0652. The largest absolute Gasteiger partial charge is 0.465 e. The molecule has 1 N–H and O–H groups in total. The minimum Gasteiger partial charge on any atom is -0.465 e. The van der Waals surface area contributed by atoms with Gasteiger partial charge in [-0.15, -0.1) is 0 Å². The molecule has 4 heterocycles. The van der Waals surface area contributed by atoms with E-state index in [1.165, 1.54) is 11.1 Å². The molecule has 0 aliphatic carbocycles. The molecule has 1 aliphatic heterocycles. The zero-order valence-electron chi connectivity index (χ0n) is 20.2. The molecule has 3 aromatic heterocycles. The summed E-state index contributed by atoms with van der Waals surface area (Å²) in [6.45, 7) is 5.52. The molecule has 5 aromatic rings. The summed E-state index contributed by atoms with van der Waals surface area (Å²) in [5, 5.41) is 3.90. The number of rotatable bonds is 6. The van der Waals surface area contributed by atoms with Crippen LogP contribution in [0.4, 0.5) is 11.4 Å². The molecule has 36 heavy (non-hydrogen) atoms. The molecule has 0 spiro atoms. The van der Waals surface area contributed by atoms with Crippen molar-refractivity contribution in [2.45, 2.75) is 39.8 Å². The van der Waals surface area contributed by atoms with Crippen LogP contribution < -0.4 is 15.4 Å². The van der Waals surface area contributed by atoms with E-state index in [0.29, 0.717) is 31.5 Å². The minimum absolute atomic E-state index is 0.402. The Bertz CT molecular complexity index is 1620. The van der Waals surface area contributed by atoms with Crippen LogP contribution >= 0.6 is 0 Å². The van der Waals surface area contributed by atoms with Gasteiger partial charge in [-0.05, 0) is 67.1 Å². The first kappa shape index (κ1) is 22.1. The molecule has 6 rings (SSSR count). The highest BCUT2D eigenvalue weighted by atomic mass is 16.5. The highest BCUT2D eigenvalue weighted by Gasteiger charge is 2.23. The number of hydrogen-bond donors (Lipinski definition) is 1. The van der Waals surface area contributed by atoms with E-state index in [1.807, 2.05) is 36.7 Å². The average molecular weight is 483 g/mol. The Morgan fingerprint density at radius 3 is 2.72 bits per heavy atom. The molecule has 2 aromatic carbocycles. The predicted molar refractivity (Wildman–Crippen MR) is 136 cm³/mol. The van der Waals surface area contributed by atoms with Gasteiger partial charge in [-0.25, -0.2) is 9.78 Å². The van der Waals surface area contributed by atoms with E-state index in [4.69, 9.17) is 14.2 Å². The molecular weight excluding hydrogens is 456 g/mol. The smallest absolute Gasteiger partial charge is 0.438 e. The number of anilines is 2. The van der Waals surface area contributed by atoms with Gasteiger partial charge in [0.25, 0.3) is 6.01 Å². The zero-order valence-corrected chi connectivity index (χ0v) is 20.2. The van der Waals surface area contributed by atoms with Crippen LogP contribution in [-0.4, -0.2) is 31.3 Å². The number of aromatic amines is 1. The topological polar surface area (TPSA) is 102 Å². The van der Waals surface area contributed by atoms with E-state index >= 15 is 0 Å². The molecule has 0 unspecified atom stereocenters. The second-order valence-corrected chi connectivity index (χ2v) is 8.93. The average Bonchev–Trinajstić information content (AvgIpc) is 3.41. The van der Waals surface area contributed by atoms with Crippen molar-refractivity contribution in [3.63, 3.8) is 0 Å². The lowest BCUT2D eigenvalue weighted by molar-refractivity contribution is 0.301. The molecule has 9 nitrogen and oxygen atoms in total. The Morgan fingerprint density at radius 1 is 1.06 bits per heavy atom. The van der Waals surface area contributed by atoms with E-state index in [2.05, 4.69) is 56.4 Å². The number of ether oxygens (including phenoxy) is 1. The second kappa shape index (κ2) is 8.99. The Kier molecular flexibility index (Phi) is 5.52. The van der Waals surface area contributed by atoms with Crippen molar-refractivity contribution in [1.82, 2.24) is 24.7 Å². The van der Waals surface area contributed by atoms with Gasteiger partial charge in [0, 0.05) is 17.6 Å². The summed E-state index contributed by atoms with van der Waals surface area (Å²) in [5.41, 5.74) is 8.55. The third-order valence-corrected chi connectivity index (χ3v) is 6.59. The van der Waals surface area contributed by atoms with Crippen molar-refractivity contribution >= 4 is 22.5 Å². The molecular formula is C27H26N6O3. The normalized spacial score (nSPS) is 12.9. The number of nitrogens with zero attached hydrogens (tertiary/aromatic N) is 5. The van der Waals surface area contributed by atoms with Crippen molar-refractivity contribution in [3.8, 4) is 6.01 Å². The first-order valence-electron chi connectivity index (χ1n) is 12.1. The summed E-state index contributed by atoms with van der Waals surface area (Å²) >= 11 is 0. The van der Waals surface area contributed by atoms with Gasteiger partial charge >= 0.3 is 5.76 Å². The fourth-order valence-corrected chi connectivity index (χ4v) is 4.92. The zero-order chi connectivity index (χ0) is 24.6. The van der Waals surface area contributed by atoms with Crippen molar-refractivity contribution in [3.05, 3.63) is 93.4 Å². The lowest BCUT2D eigenvalue weighted by Gasteiger charge is -2.26. The van der Waals surface area contributed by atoms with E-state index in [0.717, 1.165) is 46.5 Å². The number of aromatic nitrogens is 5. The summed E-state index contributed by atoms with van der Waals surface area (Å²) in [6, 6.07) is 17.4. The van der Waals surface area contributed by atoms with Crippen LogP contribution in [0.25, 0.3) is 11.2 Å². The van der Waals surface area contributed by atoms with Crippen LogP contribution in [0.2, 0.25) is 0 Å². The third kappa shape index (κ3) is 3.92. The van der Waals surface area contributed by atoms with Gasteiger partial charge in [-0.3, -0.25) is 14.1 Å². The monoisotopic (exact) mass is 482 g/mol. The number of hydrogen-bond acceptors (Lipinski definition) is 7. The summed E-state index contributed by atoms with van der Waals surface area (Å²) in [4.78, 5) is 25.7. The van der Waals surface area contributed by atoms with Gasteiger partial charge in [0.1, 0.15) is 5.52 Å². The second-order valence-electron chi connectivity index (χ2n) is 8.93. The number of benzene rings is 2. The van der Waals surface area contributed by atoms with Crippen LogP contribution in [0.5, 0.6) is 6.01 Å². The molecule has 0 atom stereocenters. The Labute approximate surface area is 207 Å². The Hall–Kier alpha value is -4.40. The number of para-hydroxylation sites is 1. The van der Waals surface area contributed by atoms with Crippen molar-refractivity contribution in [1.29, 1.82) is 0 Å². The summed E-state index contributed by atoms with van der Waals surface area (Å²) in [6.07, 6.45) is 3.62. The molecule has 0 bridgehead atoms. The molecule has 0 saturated carbocycles. The number of imidazole rings is 1. The third-order valence-electron chi connectivity index (χ3n) is 6.59. The van der Waals surface area contributed by atoms with Gasteiger partial charge in [0.05, 0.1) is 19.7 Å².